The Hall–Kier alpha value is -1.56. The molecular formula is C13H18ClN5O. The first-order valence-electron chi connectivity index (χ1n) is 7.05. The van der Waals surface area contributed by atoms with Crippen LogP contribution in [-0.2, 0) is 0 Å². The number of rotatable bonds is 4. The van der Waals surface area contributed by atoms with Gasteiger partial charge >= 0.3 is 5.69 Å². The van der Waals surface area contributed by atoms with Gasteiger partial charge in [-0.2, -0.15) is 5.10 Å². The van der Waals surface area contributed by atoms with Crippen LogP contribution in [0, 0.1) is 0 Å². The summed E-state index contributed by atoms with van der Waals surface area (Å²) in [6, 6.07) is 2.34. The first kappa shape index (κ1) is 13.4. The zero-order chi connectivity index (χ0) is 13.9. The van der Waals surface area contributed by atoms with Crippen molar-refractivity contribution in [1.29, 1.82) is 0 Å². The quantitative estimate of drug-likeness (QED) is 0.874. The van der Waals surface area contributed by atoms with Gasteiger partial charge in [-0.25, -0.2) is 19.3 Å². The van der Waals surface area contributed by atoms with Gasteiger partial charge in [0.2, 0.25) is 0 Å². The third-order valence-electron chi connectivity index (χ3n) is 3.93. The van der Waals surface area contributed by atoms with Crippen LogP contribution in [0.15, 0.2) is 17.2 Å². The zero-order valence-corrected chi connectivity index (χ0v) is 12.0. The topological polar surface area (TPSA) is 66.3 Å². The molecule has 2 heterocycles. The average Bonchev–Trinajstić information content (AvgIpc) is 2.86. The number of nitrogens with zero attached hydrogens (tertiary/aromatic N) is 4. The number of alkyl halides is 1. The fraction of sp³-hybridized carbons (Fsp3) is 0.615. The van der Waals surface area contributed by atoms with E-state index in [0.717, 1.165) is 12.4 Å². The van der Waals surface area contributed by atoms with Crippen molar-refractivity contribution in [3.63, 3.8) is 0 Å². The van der Waals surface area contributed by atoms with Crippen molar-refractivity contribution in [2.24, 2.45) is 0 Å². The SMILES string of the molecule is O=c1[nH]nc2cc(N(CCCl)C3CCCCC3)ncn12. The molecule has 7 heteroatoms. The molecular weight excluding hydrogens is 278 g/mol. The maximum Gasteiger partial charge on any atom is 0.348 e. The molecule has 0 aromatic carbocycles. The van der Waals surface area contributed by atoms with Gasteiger partial charge in [-0.05, 0) is 12.8 Å². The molecule has 0 unspecified atom stereocenters. The number of aromatic nitrogens is 4. The summed E-state index contributed by atoms with van der Waals surface area (Å²) in [6.07, 6.45) is 7.71. The van der Waals surface area contributed by atoms with E-state index in [2.05, 4.69) is 20.1 Å². The molecule has 1 saturated carbocycles. The average molecular weight is 296 g/mol. The minimum absolute atomic E-state index is 0.263. The molecule has 3 rings (SSSR count). The third kappa shape index (κ3) is 2.52. The van der Waals surface area contributed by atoms with Crippen molar-refractivity contribution in [2.75, 3.05) is 17.3 Å². The summed E-state index contributed by atoms with van der Waals surface area (Å²) >= 11 is 5.94. The predicted octanol–water partition coefficient (Wildman–Crippen LogP) is 1.80. The molecule has 20 heavy (non-hydrogen) atoms. The molecule has 0 saturated heterocycles. The Labute approximate surface area is 121 Å². The molecule has 108 valence electrons. The Morgan fingerprint density at radius 3 is 2.95 bits per heavy atom. The molecule has 0 amide bonds. The van der Waals surface area contributed by atoms with Crippen molar-refractivity contribution in [1.82, 2.24) is 19.6 Å². The van der Waals surface area contributed by atoms with E-state index in [-0.39, 0.29) is 5.69 Å². The van der Waals surface area contributed by atoms with Crippen molar-refractivity contribution in [2.45, 2.75) is 38.1 Å². The lowest BCUT2D eigenvalue weighted by molar-refractivity contribution is 0.416. The van der Waals surface area contributed by atoms with Gasteiger partial charge in [0.25, 0.3) is 0 Å². The third-order valence-corrected chi connectivity index (χ3v) is 4.10. The lowest BCUT2D eigenvalue weighted by Crippen LogP contribution is -2.39. The summed E-state index contributed by atoms with van der Waals surface area (Å²) in [4.78, 5) is 18.1. The molecule has 0 spiro atoms. The summed E-state index contributed by atoms with van der Waals surface area (Å²) in [5.41, 5.74) is 0.330. The van der Waals surface area contributed by atoms with E-state index < -0.39 is 0 Å². The first-order chi connectivity index (χ1) is 9.79. The number of anilines is 1. The Morgan fingerprint density at radius 2 is 2.20 bits per heavy atom. The van der Waals surface area contributed by atoms with E-state index in [1.807, 2.05) is 6.07 Å². The van der Waals surface area contributed by atoms with E-state index in [4.69, 9.17) is 11.6 Å². The van der Waals surface area contributed by atoms with Gasteiger partial charge in [0, 0.05) is 24.5 Å². The Balaban J connectivity index is 1.93. The second kappa shape index (κ2) is 5.83. The summed E-state index contributed by atoms with van der Waals surface area (Å²) in [7, 11) is 0. The molecule has 1 fully saturated rings. The van der Waals surface area contributed by atoms with Gasteiger partial charge in [-0.1, -0.05) is 19.3 Å². The summed E-state index contributed by atoms with van der Waals surface area (Å²) in [5, 5.41) is 6.42. The van der Waals surface area contributed by atoms with Crippen molar-refractivity contribution in [3.8, 4) is 0 Å². The largest absolute Gasteiger partial charge is 0.352 e. The minimum atomic E-state index is -0.263. The predicted molar refractivity (Wildman–Crippen MR) is 78.5 cm³/mol. The van der Waals surface area contributed by atoms with Gasteiger partial charge in [-0.3, -0.25) is 0 Å². The molecule has 1 aliphatic carbocycles. The van der Waals surface area contributed by atoms with Crippen LogP contribution in [0.3, 0.4) is 0 Å². The lowest BCUT2D eigenvalue weighted by atomic mass is 9.94. The highest BCUT2D eigenvalue weighted by Crippen LogP contribution is 2.26. The Kier molecular flexibility index (Phi) is 3.91. The van der Waals surface area contributed by atoms with Crippen LogP contribution in [0.25, 0.3) is 5.65 Å². The standard InChI is InChI=1S/C13H18ClN5O/c14-6-7-18(10-4-2-1-3-5-10)11-8-12-16-17-13(20)19(12)9-15-11/h8-10H,1-7H2,(H,17,20). The van der Waals surface area contributed by atoms with Crippen LogP contribution in [-0.4, -0.2) is 38.0 Å². The van der Waals surface area contributed by atoms with E-state index in [1.165, 1.54) is 42.8 Å². The van der Waals surface area contributed by atoms with Crippen LogP contribution in [0.5, 0.6) is 0 Å². The molecule has 0 radical (unpaired) electrons. The molecule has 1 N–H and O–H groups in total. The van der Waals surface area contributed by atoms with Crippen molar-refractivity contribution < 1.29 is 0 Å². The maximum atomic E-state index is 11.5. The lowest BCUT2D eigenvalue weighted by Gasteiger charge is -2.34. The van der Waals surface area contributed by atoms with Crippen LogP contribution in [0.2, 0.25) is 0 Å². The zero-order valence-electron chi connectivity index (χ0n) is 11.3. The first-order valence-corrected chi connectivity index (χ1v) is 7.58. The number of aromatic amines is 1. The molecule has 6 nitrogen and oxygen atoms in total. The highest BCUT2D eigenvalue weighted by Gasteiger charge is 2.22. The molecule has 1 aliphatic rings. The van der Waals surface area contributed by atoms with Crippen molar-refractivity contribution >= 4 is 23.1 Å². The number of hydrogen-bond donors (Lipinski definition) is 1. The Bertz CT molecular complexity index is 631. The van der Waals surface area contributed by atoms with Gasteiger partial charge in [0.05, 0.1) is 0 Å². The fourth-order valence-corrected chi connectivity index (χ4v) is 3.11. The molecule has 0 aliphatic heterocycles. The number of fused-ring (bicyclic) bond motifs is 1. The van der Waals surface area contributed by atoms with E-state index in [1.54, 1.807) is 0 Å². The molecule has 2 aromatic heterocycles. The fourth-order valence-electron chi connectivity index (χ4n) is 2.92. The van der Waals surface area contributed by atoms with Gasteiger partial charge < -0.3 is 4.90 Å². The van der Waals surface area contributed by atoms with Crippen molar-refractivity contribution in [3.05, 3.63) is 22.9 Å². The van der Waals surface area contributed by atoms with Crippen LogP contribution in [0.1, 0.15) is 32.1 Å². The van der Waals surface area contributed by atoms with Crippen LogP contribution in [0.4, 0.5) is 5.82 Å². The minimum Gasteiger partial charge on any atom is -0.352 e. The molecule has 0 atom stereocenters. The van der Waals surface area contributed by atoms with Crippen LogP contribution < -0.4 is 10.6 Å². The number of nitrogens with one attached hydrogen (secondary N) is 1. The molecule has 0 bridgehead atoms. The van der Waals surface area contributed by atoms with Crippen LogP contribution >= 0.6 is 11.6 Å². The summed E-state index contributed by atoms with van der Waals surface area (Å²) in [5.74, 6) is 1.42. The second-order valence-corrected chi connectivity index (χ2v) is 5.56. The highest BCUT2D eigenvalue weighted by molar-refractivity contribution is 6.18. The summed E-state index contributed by atoms with van der Waals surface area (Å²) in [6.45, 7) is 0.768. The van der Waals surface area contributed by atoms with Gasteiger partial charge in [0.1, 0.15) is 12.1 Å². The number of hydrogen-bond acceptors (Lipinski definition) is 4. The number of halogens is 1. The second-order valence-electron chi connectivity index (χ2n) is 5.18. The maximum absolute atomic E-state index is 11.5. The molecule has 2 aromatic rings. The van der Waals surface area contributed by atoms with E-state index >= 15 is 0 Å². The number of H-pyrrole nitrogens is 1. The normalized spacial score (nSPS) is 16.6. The summed E-state index contributed by atoms with van der Waals surface area (Å²) < 4.78 is 1.41. The smallest absolute Gasteiger partial charge is 0.348 e. The van der Waals surface area contributed by atoms with Gasteiger partial charge in [0.15, 0.2) is 5.65 Å². The highest BCUT2D eigenvalue weighted by atomic mass is 35.5. The Morgan fingerprint density at radius 1 is 1.40 bits per heavy atom. The van der Waals surface area contributed by atoms with E-state index in [0.29, 0.717) is 17.6 Å². The van der Waals surface area contributed by atoms with E-state index in [9.17, 15) is 4.79 Å². The van der Waals surface area contributed by atoms with Gasteiger partial charge in [-0.15, -0.1) is 11.6 Å². The monoisotopic (exact) mass is 295 g/mol.